The molecule has 3 amide bonds. The summed E-state index contributed by atoms with van der Waals surface area (Å²) in [7, 11) is 0. The molecule has 22 heavy (non-hydrogen) atoms. The Morgan fingerprint density at radius 2 is 1.91 bits per heavy atom. The number of amides is 3. The highest BCUT2D eigenvalue weighted by Gasteiger charge is 2.22. The molecular formula is C11H8Cl2F2N2O5. The highest BCUT2D eigenvalue weighted by atomic mass is 35.5. The molecule has 0 heterocycles. The zero-order chi connectivity index (χ0) is 16.9. The lowest BCUT2D eigenvalue weighted by Gasteiger charge is -2.12. The quantitative estimate of drug-likeness (QED) is 0.783. The van der Waals surface area contributed by atoms with E-state index < -0.39 is 42.4 Å². The van der Waals surface area contributed by atoms with Gasteiger partial charge in [-0.25, -0.2) is 9.59 Å². The number of halogens is 4. The Hall–Kier alpha value is -2.13. The lowest BCUT2D eigenvalue weighted by molar-refractivity contribution is -0.123. The second-order valence-corrected chi connectivity index (χ2v) is 4.47. The van der Waals surface area contributed by atoms with Gasteiger partial charge in [-0.05, 0) is 12.1 Å². The van der Waals surface area contributed by atoms with Crippen molar-refractivity contribution in [3.63, 3.8) is 0 Å². The summed E-state index contributed by atoms with van der Waals surface area (Å²) in [5, 5.41) is 1.25. The average Bonchev–Trinajstić information content (AvgIpc) is 2.37. The number of hydrogen-bond donors (Lipinski definition) is 2. The summed E-state index contributed by atoms with van der Waals surface area (Å²) in [4.78, 5) is 33.3. The van der Waals surface area contributed by atoms with Crippen molar-refractivity contribution < 1.29 is 32.6 Å². The van der Waals surface area contributed by atoms with Gasteiger partial charge in [0.1, 0.15) is 5.56 Å². The monoisotopic (exact) mass is 356 g/mol. The molecule has 0 aliphatic heterocycles. The van der Waals surface area contributed by atoms with E-state index in [-0.39, 0.29) is 10.0 Å². The number of carbonyl (C=O) groups is 3. The number of alkyl halides is 2. The molecule has 1 aromatic rings. The molecule has 0 unspecified atom stereocenters. The third-order valence-corrected chi connectivity index (χ3v) is 2.53. The Labute approximate surface area is 132 Å². The predicted octanol–water partition coefficient (Wildman–Crippen LogP) is 1.95. The van der Waals surface area contributed by atoms with Gasteiger partial charge in [0.2, 0.25) is 0 Å². The van der Waals surface area contributed by atoms with E-state index >= 15 is 0 Å². The van der Waals surface area contributed by atoms with Crippen LogP contribution in [0.3, 0.4) is 0 Å². The number of carbonyl (C=O) groups excluding carboxylic acids is 3. The van der Waals surface area contributed by atoms with Crippen molar-refractivity contribution in [1.29, 1.82) is 0 Å². The van der Waals surface area contributed by atoms with E-state index in [0.717, 1.165) is 12.1 Å². The Morgan fingerprint density at radius 1 is 1.27 bits per heavy atom. The number of nitrogens with one attached hydrogen (secondary N) is 1. The minimum atomic E-state index is -3.25. The highest BCUT2D eigenvalue weighted by molar-refractivity contribution is 6.36. The van der Waals surface area contributed by atoms with Gasteiger partial charge in [0.05, 0.1) is 5.02 Å². The molecule has 120 valence electrons. The number of benzene rings is 1. The molecule has 1 aromatic carbocycles. The van der Waals surface area contributed by atoms with Crippen molar-refractivity contribution in [2.45, 2.75) is 6.61 Å². The SMILES string of the molecule is NC(=O)NC(=O)COC(=O)c1cc(Cl)cc(Cl)c1OC(F)F. The average molecular weight is 357 g/mol. The van der Waals surface area contributed by atoms with Gasteiger partial charge in [0.15, 0.2) is 12.4 Å². The maximum atomic E-state index is 12.3. The van der Waals surface area contributed by atoms with Gasteiger partial charge in [-0.2, -0.15) is 8.78 Å². The number of hydrogen-bond acceptors (Lipinski definition) is 5. The minimum absolute atomic E-state index is 0.0415. The summed E-state index contributed by atoms with van der Waals surface area (Å²) in [5.74, 6) is -2.87. The molecule has 0 aliphatic carbocycles. The Balaban J connectivity index is 2.92. The Bertz CT molecular complexity index is 612. The zero-order valence-corrected chi connectivity index (χ0v) is 12.1. The standard InChI is InChI=1S/C11H8Cl2F2N2O5/c12-4-1-5(8(6(13)2-4)22-10(14)15)9(19)21-3-7(18)17-11(16)20/h1-2,10H,3H2,(H3,16,17,18,20). The van der Waals surface area contributed by atoms with Crippen LogP contribution in [0.5, 0.6) is 5.75 Å². The summed E-state index contributed by atoms with van der Waals surface area (Å²) in [6, 6.07) is 0.908. The fourth-order valence-electron chi connectivity index (χ4n) is 1.30. The molecule has 0 fully saturated rings. The minimum Gasteiger partial charge on any atom is -0.452 e. The van der Waals surface area contributed by atoms with Crippen LogP contribution in [0.1, 0.15) is 10.4 Å². The summed E-state index contributed by atoms with van der Waals surface area (Å²) < 4.78 is 33.3. The van der Waals surface area contributed by atoms with Crippen molar-refractivity contribution in [2.75, 3.05) is 6.61 Å². The van der Waals surface area contributed by atoms with Crippen molar-refractivity contribution in [2.24, 2.45) is 5.73 Å². The lowest BCUT2D eigenvalue weighted by atomic mass is 10.2. The maximum absolute atomic E-state index is 12.3. The fraction of sp³-hybridized carbons (Fsp3) is 0.182. The normalized spacial score (nSPS) is 10.2. The molecule has 1 rings (SSSR count). The van der Waals surface area contributed by atoms with Crippen molar-refractivity contribution in [3.05, 3.63) is 27.7 Å². The number of imide groups is 1. The summed E-state index contributed by atoms with van der Waals surface area (Å²) in [6.45, 7) is -4.12. The van der Waals surface area contributed by atoms with Crippen molar-refractivity contribution in [1.82, 2.24) is 5.32 Å². The third kappa shape index (κ3) is 5.34. The van der Waals surface area contributed by atoms with E-state index in [2.05, 4.69) is 15.2 Å². The first-order valence-corrected chi connectivity index (χ1v) is 6.16. The highest BCUT2D eigenvalue weighted by Crippen LogP contribution is 2.34. The van der Waals surface area contributed by atoms with E-state index in [1.807, 2.05) is 0 Å². The van der Waals surface area contributed by atoms with Gasteiger partial charge in [-0.1, -0.05) is 23.2 Å². The van der Waals surface area contributed by atoms with Crippen molar-refractivity contribution in [3.8, 4) is 5.75 Å². The second-order valence-electron chi connectivity index (χ2n) is 3.63. The molecule has 0 radical (unpaired) electrons. The second kappa shape index (κ2) is 7.76. The number of esters is 1. The molecule has 0 saturated heterocycles. The maximum Gasteiger partial charge on any atom is 0.387 e. The third-order valence-electron chi connectivity index (χ3n) is 2.03. The van der Waals surface area contributed by atoms with Crippen LogP contribution >= 0.6 is 23.2 Å². The van der Waals surface area contributed by atoms with Crippen LogP contribution in [0.2, 0.25) is 10.0 Å². The number of ether oxygens (including phenoxy) is 2. The zero-order valence-electron chi connectivity index (χ0n) is 10.6. The molecule has 3 N–H and O–H groups in total. The first-order chi connectivity index (χ1) is 10.2. The summed E-state index contributed by atoms with van der Waals surface area (Å²) >= 11 is 11.3. The number of primary amides is 1. The smallest absolute Gasteiger partial charge is 0.387 e. The van der Waals surface area contributed by atoms with Crippen LogP contribution in [0.15, 0.2) is 12.1 Å². The van der Waals surface area contributed by atoms with Crippen molar-refractivity contribution >= 4 is 41.1 Å². The van der Waals surface area contributed by atoms with Crippen LogP contribution in [0.4, 0.5) is 13.6 Å². The topological polar surface area (TPSA) is 108 Å². The van der Waals surface area contributed by atoms with E-state index in [1.165, 1.54) is 0 Å². The van der Waals surface area contributed by atoms with Gasteiger partial charge in [0, 0.05) is 5.02 Å². The fourth-order valence-corrected chi connectivity index (χ4v) is 1.84. The van der Waals surface area contributed by atoms with Crippen LogP contribution in [0.25, 0.3) is 0 Å². The van der Waals surface area contributed by atoms with E-state index in [9.17, 15) is 23.2 Å². The molecule has 0 spiro atoms. The number of urea groups is 1. The van der Waals surface area contributed by atoms with Gasteiger partial charge < -0.3 is 15.2 Å². The lowest BCUT2D eigenvalue weighted by Crippen LogP contribution is -2.37. The molecule has 0 saturated carbocycles. The predicted molar refractivity (Wildman–Crippen MR) is 71.1 cm³/mol. The Kier molecular flexibility index (Phi) is 6.32. The molecule has 0 bridgehead atoms. The molecule has 0 aliphatic rings. The van der Waals surface area contributed by atoms with Gasteiger partial charge in [0.25, 0.3) is 5.91 Å². The van der Waals surface area contributed by atoms with E-state index in [4.69, 9.17) is 23.2 Å². The van der Waals surface area contributed by atoms with Gasteiger partial charge >= 0.3 is 18.6 Å². The number of rotatable bonds is 5. The first kappa shape index (κ1) is 17.9. The van der Waals surface area contributed by atoms with Crippen LogP contribution in [-0.4, -0.2) is 31.1 Å². The summed E-state index contributed by atoms with van der Waals surface area (Å²) in [6.07, 6.45) is 0. The molecule has 11 heteroatoms. The van der Waals surface area contributed by atoms with Gasteiger partial charge in [-0.15, -0.1) is 0 Å². The molecule has 0 atom stereocenters. The van der Waals surface area contributed by atoms with Crippen LogP contribution < -0.4 is 15.8 Å². The van der Waals surface area contributed by atoms with E-state index in [1.54, 1.807) is 5.32 Å². The van der Waals surface area contributed by atoms with Crippen LogP contribution in [0, 0.1) is 0 Å². The van der Waals surface area contributed by atoms with Gasteiger partial charge in [-0.3, -0.25) is 10.1 Å². The summed E-state index contributed by atoms with van der Waals surface area (Å²) in [5.41, 5.74) is 4.17. The number of nitrogens with two attached hydrogens (primary N) is 1. The first-order valence-electron chi connectivity index (χ1n) is 5.41. The molecule has 7 nitrogen and oxygen atoms in total. The Morgan fingerprint density at radius 3 is 2.45 bits per heavy atom. The molecular weight excluding hydrogens is 349 g/mol. The van der Waals surface area contributed by atoms with Crippen LogP contribution in [-0.2, 0) is 9.53 Å². The van der Waals surface area contributed by atoms with E-state index in [0.29, 0.717) is 0 Å². The molecule has 0 aromatic heterocycles. The largest absolute Gasteiger partial charge is 0.452 e.